The molecule has 0 aliphatic rings. The summed E-state index contributed by atoms with van der Waals surface area (Å²) in [5.74, 6) is 0. The van der Waals surface area contributed by atoms with Gasteiger partial charge in [0.1, 0.15) is 0 Å². The van der Waals surface area contributed by atoms with Crippen LogP contribution in [0.3, 0.4) is 0 Å². The summed E-state index contributed by atoms with van der Waals surface area (Å²) in [6.45, 7) is 2.41. The van der Waals surface area contributed by atoms with Crippen molar-refractivity contribution in [3.8, 4) is 16.9 Å². The fourth-order valence-electron chi connectivity index (χ4n) is 2.85. The van der Waals surface area contributed by atoms with Crippen LogP contribution in [0, 0.1) is 0 Å². The maximum Gasteiger partial charge on any atom is 0.0988 e. The summed E-state index contributed by atoms with van der Waals surface area (Å²) >= 11 is 0. The highest BCUT2D eigenvalue weighted by molar-refractivity contribution is 5.62. The summed E-state index contributed by atoms with van der Waals surface area (Å²) in [5, 5.41) is 12.5. The SMILES string of the molecule is c1ccc(-n2cc(CNCCn3cccn3)c(-c3cccnc3)n2)cc1. The molecule has 0 aliphatic heterocycles. The summed E-state index contributed by atoms with van der Waals surface area (Å²) in [7, 11) is 0. The molecule has 0 aliphatic carbocycles. The van der Waals surface area contributed by atoms with Crippen LogP contribution in [-0.2, 0) is 13.1 Å². The topological polar surface area (TPSA) is 60.6 Å². The molecule has 3 heterocycles. The van der Waals surface area contributed by atoms with Gasteiger partial charge in [0.2, 0.25) is 0 Å². The van der Waals surface area contributed by atoms with E-state index in [1.807, 2.05) is 58.2 Å². The number of nitrogens with zero attached hydrogens (tertiary/aromatic N) is 5. The van der Waals surface area contributed by atoms with Gasteiger partial charge in [-0.1, -0.05) is 18.2 Å². The molecule has 6 heteroatoms. The first-order chi connectivity index (χ1) is 12.9. The summed E-state index contributed by atoms with van der Waals surface area (Å²) < 4.78 is 3.84. The molecule has 0 unspecified atom stereocenters. The van der Waals surface area contributed by atoms with E-state index in [-0.39, 0.29) is 0 Å². The van der Waals surface area contributed by atoms with Crippen LogP contribution >= 0.6 is 0 Å². The van der Waals surface area contributed by atoms with Crippen molar-refractivity contribution in [2.45, 2.75) is 13.1 Å². The van der Waals surface area contributed by atoms with Gasteiger partial charge in [0.15, 0.2) is 0 Å². The molecule has 1 aromatic carbocycles. The summed E-state index contributed by atoms with van der Waals surface area (Å²) in [6.07, 6.45) is 9.48. The Hall–Kier alpha value is -3.25. The predicted molar refractivity (Wildman–Crippen MR) is 101 cm³/mol. The maximum atomic E-state index is 4.80. The molecular formula is C20H20N6. The largest absolute Gasteiger partial charge is 0.311 e. The summed E-state index contributed by atoms with van der Waals surface area (Å²) in [5.41, 5.74) is 4.15. The Morgan fingerprint density at radius 2 is 1.88 bits per heavy atom. The third-order valence-corrected chi connectivity index (χ3v) is 4.14. The quantitative estimate of drug-likeness (QED) is 0.524. The van der Waals surface area contributed by atoms with E-state index in [1.54, 1.807) is 12.4 Å². The molecule has 4 aromatic rings. The van der Waals surface area contributed by atoms with Gasteiger partial charge in [0, 0.05) is 55.2 Å². The van der Waals surface area contributed by atoms with Gasteiger partial charge in [0.25, 0.3) is 0 Å². The Bertz CT molecular complexity index is 929. The Labute approximate surface area is 152 Å². The number of rotatable bonds is 7. The molecule has 6 nitrogen and oxygen atoms in total. The van der Waals surface area contributed by atoms with Crippen molar-refractivity contribution in [1.29, 1.82) is 0 Å². The Morgan fingerprint density at radius 1 is 0.962 bits per heavy atom. The number of para-hydroxylation sites is 1. The van der Waals surface area contributed by atoms with Crippen molar-refractivity contribution in [3.05, 3.63) is 85.1 Å². The first-order valence-corrected chi connectivity index (χ1v) is 8.63. The monoisotopic (exact) mass is 344 g/mol. The van der Waals surface area contributed by atoms with Gasteiger partial charge >= 0.3 is 0 Å². The van der Waals surface area contributed by atoms with E-state index in [4.69, 9.17) is 5.10 Å². The fourth-order valence-corrected chi connectivity index (χ4v) is 2.85. The average Bonchev–Trinajstić information content (AvgIpc) is 3.37. The minimum Gasteiger partial charge on any atom is -0.311 e. The lowest BCUT2D eigenvalue weighted by atomic mass is 10.1. The zero-order valence-corrected chi connectivity index (χ0v) is 14.4. The molecule has 0 amide bonds. The number of benzene rings is 1. The minimum atomic E-state index is 0.734. The van der Waals surface area contributed by atoms with Crippen molar-refractivity contribution in [2.75, 3.05) is 6.54 Å². The van der Waals surface area contributed by atoms with Crippen LogP contribution in [0.2, 0.25) is 0 Å². The van der Waals surface area contributed by atoms with Crippen LogP contribution in [0.15, 0.2) is 79.5 Å². The first kappa shape index (κ1) is 16.2. The van der Waals surface area contributed by atoms with Gasteiger partial charge in [-0.2, -0.15) is 10.2 Å². The lowest BCUT2D eigenvalue weighted by Crippen LogP contribution is -2.19. The molecule has 0 saturated carbocycles. The van der Waals surface area contributed by atoms with E-state index >= 15 is 0 Å². The molecule has 0 saturated heterocycles. The van der Waals surface area contributed by atoms with Crippen molar-refractivity contribution >= 4 is 0 Å². The van der Waals surface area contributed by atoms with Gasteiger partial charge < -0.3 is 5.32 Å². The van der Waals surface area contributed by atoms with E-state index < -0.39 is 0 Å². The smallest absolute Gasteiger partial charge is 0.0988 e. The van der Waals surface area contributed by atoms with Crippen LogP contribution in [0.1, 0.15) is 5.56 Å². The van der Waals surface area contributed by atoms with Crippen LogP contribution in [0.4, 0.5) is 0 Å². The second-order valence-electron chi connectivity index (χ2n) is 5.97. The van der Waals surface area contributed by atoms with Crippen LogP contribution in [0.5, 0.6) is 0 Å². The average molecular weight is 344 g/mol. The van der Waals surface area contributed by atoms with E-state index in [2.05, 4.69) is 33.7 Å². The van der Waals surface area contributed by atoms with Crippen molar-refractivity contribution in [1.82, 2.24) is 29.9 Å². The minimum absolute atomic E-state index is 0.734. The number of hydrogen-bond acceptors (Lipinski definition) is 4. The van der Waals surface area contributed by atoms with Gasteiger partial charge in [-0.25, -0.2) is 4.68 Å². The molecule has 0 bridgehead atoms. The molecule has 0 radical (unpaired) electrons. The van der Waals surface area contributed by atoms with Crippen LogP contribution in [-0.4, -0.2) is 31.1 Å². The van der Waals surface area contributed by atoms with E-state index in [0.29, 0.717) is 0 Å². The summed E-state index contributed by atoms with van der Waals surface area (Å²) in [6, 6.07) is 16.1. The third kappa shape index (κ3) is 3.70. The van der Waals surface area contributed by atoms with Gasteiger partial charge in [0.05, 0.1) is 17.9 Å². The third-order valence-electron chi connectivity index (χ3n) is 4.14. The summed E-state index contributed by atoms with van der Waals surface area (Å²) in [4.78, 5) is 4.23. The van der Waals surface area contributed by atoms with Crippen LogP contribution < -0.4 is 5.32 Å². The van der Waals surface area contributed by atoms with E-state index in [9.17, 15) is 0 Å². The molecule has 0 atom stereocenters. The second kappa shape index (κ2) is 7.76. The number of aromatic nitrogens is 5. The van der Waals surface area contributed by atoms with Crippen LogP contribution in [0.25, 0.3) is 16.9 Å². The lowest BCUT2D eigenvalue weighted by molar-refractivity contribution is 0.555. The number of nitrogens with one attached hydrogen (secondary N) is 1. The highest BCUT2D eigenvalue weighted by Gasteiger charge is 2.12. The van der Waals surface area contributed by atoms with Crippen molar-refractivity contribution < 1.29 is 0 Å². The molecule has 4 rings (SSSR count). The Morgan fingerprint density at radius 3 is 2.65 bits per heavy atom. The van der Waals surface area contributed by atoms with E-state index in [1.165, 1.54) is 0 Å². The fraction of sp³-hybridized carbons (Fsp3) is 0.150. The van der Waals surface area contributed by atoms with Crippen molar-refractivity contribution in [2.24, 2.45) is 0 Å². The molecule has 0 fully saturated rings. The first-order valence-electron chi connectivity index (χ1n) is 8.63. The lowest BCUT2D eigenvalue weighted by Gasteiger charge is -2.05. The highest BCUT2D eigenvalue weighted by Crippen LogP contribution is 2.22. The standard InChI is InChI=1S/C20H20N6/c1-2-7-19(8-3-1)26-16-18(15-22-11-13-25-12-5-10-23-25)20(24-26)17-6-4-9-21-14-17/h1-10,12,14,16,22H,11,13,15H2. The molecule has 26 heavy (non-hydrogen) atoms. The zero-order valence-electron chi connectivity index (χ0n) is 14.4. The maximum absolute atomic E-state index is 4.80. The highest BCUT2D eigenvalue weighted by atomic mass is 15.3. The Balaban J connectivity index is 1.54. The van der Waals surface area contributed by atoms with Crippen molar-refractivity contribution in [3.63, 3.8) is 0 Å². The van der Waals surface area contributed by atoms with Gasteiger partial charge in [-0.3, -0.25) is 9.67 Å². The molecule has 1 N–H and O–H groups in total. The molecule has 3 aromatic heterocycles. The predicted octanol–water partition coefficient (Wildman–Crippen LogP) is 2.92. The molecule has 130 valence electrons. The van der Waals surface area contributed by atoms with E-state index in [0.717, 1.165) is 42.1 Å². The molecular weight excluding hydrogens is 324 g/mol. The van der Waals surface area contributed by atoms with Gasteiger partial charge in [-0.15, -0.1) is 0 Å². The second-order valence-corrected chi connectivity index (χ2v) is 5.97. The Kier molecular flexibility index (Phi) is 4.84. The van der Waals surface area contributed by atoms with Gasteiger partial charge in [-0.05, 0) is 30.3 Å². The zero-order chi connectivity index (χ0) is 17.6. The number of pyridine rings is 1. The molecule has 0 spiro atoms. The normalized spacial score (nSPS) is 10.9. The number of hydrogen-bond donors (Lipinski definition) is 1.